The van der Waals surface area contributed by atoms with Gasteiger partial charge in [-0.05, 0) is 42.3 Å². The molecule has 1 aromatic heterocycles. The van der Waals surface area contributed by atoms with Gasteiger partial charge in [0.05, 0.1) is 6.26 Å². The van der Waals surface area contributed by atoms with Crippen molar-refractivity contribution in [2.75, 3.05) is 13.1 Å². The summed E-state index contributed by atoms with van der Waals surface area (Å²) in [6, 6.07) is 8.41. The lowest BCUT2D eigenvalue weighted by Crippen LogP contribution is -2.19. The molecule has 0 unspecified atom stereocenters. The van der Waals surface area contributed by atoms with Crippen molar-refractivity contribution in [1.29, 1.82) is 0 Å². The van der Waals surface area contributed by atoms with E-state index in [0.29, 0.717) is 0 Å². The minimum atomic E-state index is 0. The van der Waals surface area contributed by atoms with Gasteiger partial charge in [-0.3, -0.25) is 0 Å². The van der Waals surface area contributed by atoms with E-state index in [0.717, 1.165) is 25.1 Å². The van der Waals surface area contributed by atoms with Crippen LogP contribution < -0.4 is 5.32 Å². The molecule has 0 bridgehead atoms. The lowest BCUT2D eigenvalue weighted by Gasteiger charge is -2.13. The Labute approximate surface area is 101 Å². The minimum absolute atomic E-state index is 0. The predicted octanol–water partition coefficient (Wildman–Crippen LogP) is 3.23. The Morgan fingerprint density at radius 1 is 1.19 bits per heavy atom. The Balaban J connectivity index is 0.000000963. The van der Waals surface area contributed by atoms with Crippen molar-refractivity contribution in [3.63, 3.8) is 0 Å². The Morgan fingerprint density at radius 3 is 2.94 bits per heavy atom. The van der Waals surface area contributed by atoms with Crippen molar-refractivity contribution in [3.05, 3.63) is 42.2 Å². The molecule has 0 aliphatic carbocycles. The Kier molecular flexibility index (Phi) is 3.32. The van der Waals surface area contributed by atoms with Crippen LogP contribution >= 0.6 is 12.4 Å². The number of hydrogen-bond acceptors (Lipinski definition) is 2. The summed E-state index contributed by atoms with van der Waals surface area (Å²) in [4.78, 5) is 0. The fraction of sp³-hybridized carbons (Fsp3) is 0.231. The molecular weight excluding hydrogens is 222 g/mol. The number of benzene rings is 1. The monoisotopic (exact) mass is 235 g/mol. The molecule has 1 aromatic carbocycles. The van der Waals surface area contributed by atoms with Crippen LogP contribution in [0.1, 0.15) is 12.0 Å². The van der Waals surface area contributed by atoms with Gasteiger partial charge in [-0.25, -0.2) is 0 Å². The molecule has 0 saturated carbocycles. The third-order valence-corrected chi connectivity index (χ3v) is 2.89. The summed E-state index contributed by atoms with van der Waals surface area (Å²) in [7, 11) is 0. The van der Waals surface area contributed by atoms with E-state index in [2.05, 4.69) is 23.5 Å². The molecule has 2 heterocycles. The van der Waals surface area contributed by atoms with E-state index in [9.17, 15) is 0 Å². The van der Waals surface area contributed by atoms with Crippen LogP contribution in [0.3, 0.4) is 0 Å². The van der Waals surface area contributed by atoms with Crippen LogP contribution in [0, 0.1) is 0 Å². The second kappa shape index (κ2) is 4.73. The van der Waals surface area contributed by atoms with Crippen LogP contribution in [0.4, 0.5) is 0 Å². The molecule has 1 aliphatic rings. The number of halogens is 1. The van der Waals surface area contributed by atoms with E-state index < -0.39 is 0 Å². The van der Waals surface area contributed by atoms with Gasteiger partial charge in [0.1, 0.15) is 5.58 Å². The first-order valence-electron chi connectivity index (χ1n) is 5.31. The summed E-state index contributed by atoms with van der Waals surface area (Å²) in [5, 5.41) is 4.51. The molecule has 0 radical (unpaired) electrons. The minimum Gasteiger partial charge on any atom is -0.464 e. The van der Waals surface area contributed by atoms with Crippen molar-refractivity contribution in [3.8, 4) is 0 Å². The fourth-order valence-electron chi connectivity index (χ4n) is 2.05. The largest absolute Gasteiger partial charge is 0.464 e. The maximum Gasteiger partial charge on any atom is 0.133 e. The van der Waals surface area contributed by atoms with Crippen LogP contribution in [0.2, 0.25) is 0 Å². The quantitative estimate of drug-likeness (QED) is 0.821. The average molecular weight is 236 g/mol. The Morgan fingerprint density at radius 2 is 2.12 bits per heavy atom. The number of furan rings is 1. The van der Waals surface area contributed by atoms with Gasteiger partial charge in [0.15, 0.2) is 0 Å². The summed E-state index contributed by atoms with van der Waals surface area (Å²) in [5.41, 5.74) is 3.73. The first-order valence-corrected chi connectivity index (χ1v) is 5.31. The molecule has 1 aliphatic heterocycles. The molecule has 2 nitrogen and oxygen atoms in total. The average Bonchev–Trinajstić information content (AvgIpc) is 2.77. The lowest BCUT2D eigenvalue weighted by atomic mass is 9.99. The van der Waals surface area contributed by atoms with E-state index >= 15 is 0 Å². The SMILES string of the molecule is C1=C(c2ccc3occc3c2)CCNC1.Cl. The van der Waals surface area contributed by atoms with Crippen molar-refractivity contribution in [2.45, 2.75) is 6.42 Å². The van der Waals surface area contributed by atoms with Gasteiger partial charge in [-0.15, -0.1) is 12.4 Å². The van der Waals surface area contributed by atoms with Gasteiger partial charge in [0, 0.05) is 11.9 Å². The highest BCUT2D eigenvalue weighted by molar-refractivity contribution is 5.85. The smallest absolute Gasteiger partial charge is 0.133 e. The van der Waals surface area contributed by atoms with Gasteiger partial charge in [-0.2, -0.15) is 0 Å². The first kappa shape index (κ1) is 11.2. The third kappa shape index (κ3) is 1.99. The second-order valence-corrected chi connectivity index (χ2v) is 3.86. The summed E-state index contributed by atoms with van der Waals surface area (Å²) in [6.07, 6.45) is 5.12. The zero-order valence-electron chi connectivity index (χ0n) is 8.90. The highest BCUT2D eigenvalue weighted by Crippen LogP contribution is 2.24. The molecule has 0 amide bonds. The summed E-state index contributed by atoms with van der Waals surface area (Å²) in [6.45, 7) is 2.06. The molecule has 84 valence electrons. The van der Waals surface area contributed by atoms with Crippen molar-refractivity contribution in [1.82, 2.24) is 5.32 Å². The van der Waals surface area contributed by atoms with Crippen LogP contribution in [0.5, 0.6) is 0 Å². The van der Waals surface area contributed by atoms with E-state index in [-0.39, 0.29) is 12.4 Å². The van der Waals surface area contributed by atoms with Gasteiger partial charge in [-0.1, -0.05) is 12.1 Å². The molecule has 3 heteroatoms. The van der Waals surface area contributed by atoms with E-state index in [1.165, 1.54) is 16.5 Å². The zero-order chi connectivity index (χ0) is 10.1. The molecule has 2 aromatic rings. The van der Waals surface area contributed by atoms with Gasteiger partial charge >= 0.3 is 0 Å². The van der Waals surface area contributed by atoms with Crippen molar-refractivity contribution in [2.24, 2.45) is 0 Å². The molecule has 0 fully saturated rings. The zero-order valence-corrected chi connectivity index (χ0v) is 9.72. The number of hydrogen-bond donors (Lipinski definition) is 1. The van der Waals surface area contributed by atoms with Crippen molar-refractivity contribution >= 4 is 28.9 Å². The molecule has 3 rings (SSSR count). The second-order valence-electron chi connectivity index (χ2n) is 3.86. The normalized spacial score (nSPS) is 15.6. The lowest BCUT2D eigenvalue weighted by molar-refractivity contribution is 0.616. The van der Waals surface area contributed by atoms with E-state index in [1.54, 1.807) is 6.26 Å². The maximum atomic E-state index is 5.33. The molecular formula is C13H14ClNO. The molecule has 0 spiro atoms. The molecule has 1 N–H and O–H groups in total. The molecule has 0 saturated heterocycles. The van der Waals surface area contributed by atoms with Crippen LogP contribution in [-0.2, 0) is 0 Å². The van der Waals surface area contributed by atoms with Gasteiger partial charge < -0.3 is 9.73 Å². The number of rotatable bonds is 1. The van der Waals surface area contributed by atoms with E-state index in [4.69, 9.17) is 4.42 Å². The van der Waals surface area contributed by atoms with Crippen LogP contribution in [-0.4, -0.2) is 13.1 Å². The maximum absolute atomic E-state index is 5.33. The predicted molar refractivity (Wildman–Crippen MR) is 68.9 cm³/mol. The van der Waals surface area contributed by atoms with Gasteiger partial charge in [0.2, 0.25) is 0 Å². The topological polar surface area (TPSA) is 25.2 Å². The fourth-order valence-corrected chi connectivity index (χ4v) is 2.05. The van der Waals surface area contributed by atoms with E-state index in [1.807, 2.05) is 12.1 Å². The number of fused-ring (bicyclic) bond motifs is 1. The first-order chi connectivity index (χ1) is 7.43. The van der Waals surface area contributed by atoms with Crippen LogP contribution in [0.25, 0.3) is 16.5 Å². The molecule has 0 atom stereocenters. The standard InChI is InChI=1S/C13H13NO.ClH/c1-2-13-12(5-8-15-13)9-11(1)10-3-6-14-7-4-10;/h1-3,5,8-9,14H,4,6-7H2;1H. The summed E-state index contributed by atoms with van der Waals surface area (Å²) >= 11 is 0. The summed E-state index contributed by atoms with van der Waals surface area (Å²) < 4.78 is 5.33. The highest BCUT2D eigenvalue weighted by Gasteiger charge is 2.06. The van der Waals surface area contributed by atoms with Crippen LogP contribution in [0.15, 0.2) is 41.0 Å². The molecule has 16 heavy (non-hydrogen) atoms. The highest BCUT2D eigenvalue weighted by atomic mass is 35.5. The van der Waals surface area contributed by atoms with Gasteiger partial charge in [0.25, 0.3) is 0 Å². The third-order valence-electron chi connectivity index (χ3n) is 2.89. The summed E-state index contributed by atoms with van der Waals surface area (Å²) in [5.74, 6) is 0. The Bertz CT molecular complexity index is 515. The number of nitrogens with one attached hydrogen (secondary N) is 1. The van der Waals surface area contributed by atoms with Crippen molar-refractivity contribution < 1.29 is 4.42 Å². The Hall–Kier alpha value is -1.25.